The van der Waals surface area contributed by atoms with Crippen molar-refractivity contribution in [3.63, 3.8) is 0 Å². The van der Waals surface area contributed by atoms with Gasteiger partial charge in [-0.25, -0.2) is 14.4 Å². The molecule has 0 aliphatic heterocycles. The highest BCUT2D eigenvalue weighted by Crippen LogP contribution is 2.20. The van der Waals surface area contributed by atoms with Crippen LogP contribution >= 0.6 is 0 Å². The quantitative estimate of drug-likeness (QED) is 0.784. The van der Waals surface area contributed by atoms with Gasteiger partial charge in [-0.05, 0) is 23.8 Å². The highest BCUT2D eigenvalue weighted by Gasteiger charge is 2.03. The number of nitriles is 1. The molecule has 1 aromatic heterocycles. The van der Waals surface area contributed by atoms with E-state index in [1.807, 2.05) is 6.07 Å². The van der Waals surface area contributed by atoms with Crippen LogP contribution in [0.5, 0.6) is 0 Å². The summed E-state index contributed by atoms with van der Waals surface area (Å²) in [7, 11) is 0. The maximum Gasteiger partial charge on any atom is 0.219 e. The molecular weight excluding hydrogens is 207 g/mol. The zero-order valence-electron chi connectivity index (χ0n) is 8.18. The molecule has 2 rings (SSSR count). The first-order valence-electron chi connectivity index (χ1n) is 4.47. The first-order valence-corrected chi connectivity index (χ1v) is 4.47. The Kier molecular flexibility index (Phi) is 2.48. The number of anilines is 1. The molecule has 5 heteroatoms. The van der Waals surface area contributed by atoms with Gasteiger partial charge in [-0.1, -0.05) is 0 Å². The van der Waals surface area contributed by atoms with Gasteiger partial charge in [-0.15, -0.1) is 0 Å². The van der Waals surface area contributed by atoms with E-state index in [2.05, 4.69) is 9.97 Å². The molecule has 2 N–H and O–H groups in total. The predicted molar refractivity (Wildman–Crippen MR) is 56.6 cm³/mol. The highest BCUT2D eigenvalue weighted by atomic mass is 19.1. The van der Waals surface area contributed by atoms with Gasteiger partial charge >= 0.3 is 0 Å². The van der Waals surface area contributed by atoms with Crippen molar-refractivity contribution in [1.82, 2.24) is 9.97 Å². The monoisotopic (exact) mass is 214 g/mol. The zero-order valence-corrected chi connectivity index (χ0v) is 8.18. The van der Waals surface area contributed by atoms with Crippen molar-refractivity contribution in [2.75, 3.05) is 5.73 Å². The molecule has 78 valence electrons. The average Bonchev–Trinajstić information content (AvgIpc) is 2.29. The molecule has 0 unspecified atom stereocenters. The van der Waals surface area contributed by atoms with E-state index in [4.69, 9.17) is 11.0 Å². The molecule has 2 aromatic rings. The largest absolute Gasteiger partial charge is 0.368 e. The lowest BCUT2D eigenvalue weighted by Crippen LogP contribution is -1.94. The van der Waals surface area contributed by atoms with Gasteiger partial charge in [-0.2, -0.15) is 5.26 Å². The Hall–Kier alpha value is -2.48. The number of rotatable bonds is 1. The molecule has 0 bridgehead atoms. The Morgan fingerprint density at radius 3 is 2.44 bits per heavy atom. The van der Waals surface area contributed by atoms with E-state index < -0.39 is 5.82 Å². The van der Waals surface area contributed by atoms with Crippen LogP contribution in [0, 0.1) is 17.1 Å². The highest BCUT2D eigenvalue weighted by molar-refractivity contribution is 5.64. The van der Waals surface area contributed by atoms with Crippen LogP contribution in [0.3, 0.4) is 0 Å². The lowest BCUT2D eigenvalue weighted by Gasteiger charge is -2.01. The normalized spacial score (nSPS) is 9.75. The van der Waals surface area contributed by atoms with E-state index in [-0.39, 0.29) is 11.5 Å². The standard InChI is InChI=1S/C11H7FN4/c12-10-2-7(4-13)1-8(3-10)9-5-15-11(14)16-6-9/h1-3,5-6H,(H2,14,15,16). The Balaban J connectivity index is 2.52. The third-order valence-corrected chi connectivity index (χ3v) is 2.03. The molecule has 0 atom stereocenters. The number of nitrogens with zero attached hydrogens (tertiary/aromatic N) is 3. The van der Waals surface area contributed by atoms with Crippen molar-refractivity contribution in [3.8, 4) is 17.2 Å². The molecule has 0 radical (unpaired) electrons. The van der Waals surface area contributed by atoms with Crippen LogP contribution in [-0.2, 0) is 0 Å². The van der Waals surface area contributed by atoms with Crippen molar-refractivity contribution in [2.45, 2.75) is 0 Å². The van der Waals surface area contributed by atoms with Crippen LogP contribution in [0.25, 0.3) is 11.1 Å². The summed E-state index contributed by atoms with van der Waals surface area (Å²) in [5.74, 6) is -0.313. The fourth-order valence-electron chi connectivity index (χ4n) is 1.31. The van der Waals surface area contributed by atoms with Crippen molar-refractivity contribution in [2.24, 2.45) is 0 Å². The van der Waals surface area contributed by atoms with Crippen LogP contribution in [0.2, 0.25) is 0 Å². The van der Waals surface area contributed by atoms with Crippen molar-refractivity contribution in [3.05, 3.63) is 42.0 Å². The zero-order chi connectivity index (χ0) is 11.5. The van der Waals surface area contributed by atoms with Crippen LogP contribution < -0.4 is 5.73 Å². The third-order valence-electron chi connectivity index (χ3n) is 2.03. The lowest BCUT2D eigenvalue weighted by molar-refractivity contribution is 0.628. The Bertz CT molecular complexity index is 557. The number of hydrogen-bond acceptors (Lipinski definition) is 4. The van der Waals surface area contributed by atoms with Crippen LogP contribution in [0.4, 0.5) is 10.3 Å². The van der Waals surface area contributed by atoms with Gasteiger partial charge in [0.2, 0.25) is 5.95 Å². The second-order valence-electron chi connectivity index (χ2n) is 3.17. The van der Waals surface area contributed by atoms with Gasteiger partial charge < -0.3 is 5.73 Å². The molecule has 0 aliphatic carbocycles. The van der Waals surface area contributed by atoms with Crippen LogP contribution in [0.1, 0.15) is 5.56 Å². The summed E-state index contributed by atoms with van der Waals surface area (Å²) in [5, 5.41) is 8.71. The van der Waals surface area contributed by atoms with E-state index in [1.165, 1.54) is 24.5 Å². The topological polar surface area (TPSA) is 75.6 Å². The number of benzene rings is 1. The molecule has 1 aromatic carbocycles. The maximum absolute atomic E-state index is 13.2. The smallest absolute Gasteiger partial charge is 0.219 e. The molecule has 16 heavy (non-hydrogen) atoms. The summed E-state index contributed by atoms with van der Waals surface area (Å²) < 4.78 is 13.2. The number of halogens is 1. The van der Waals surface area contributed by atoms with Gasteiger partial charge in [-0.3, -0.25) is 0 Å². The van der Waals surface area contributed by atoms with E-state index >= 15 is 0 Å². The minimum Gasteiger partial charge on any atom is -0.368 e. The molecule has 0 amide bonds. The third kappa shape index (κ3) is 1.96. The summed E-state index contributed by atoms with van der Waals surface area (Å²) in [6, 6.07) is 5.93. The Morgan fingerprint density at radius 2 is 1.81 bits per heavy atom. The SMILES string of the molecule is N#Cc1cc(F)cc(-c2cnc(N)nc2)c1. The van der Waals surface area contributed by atoms with Crippen LogP contribution in [-0.4, -0.2) is 9.97 Å². The van der Waals surface area contributed by atoms with Crippen LogP contribution in [0.15, 0.2) is 30.6 Å². The minimum absolute atomic E-state index is 0.153. The maximum atomic E-state index is 13.2. The number of aromatic nitrogens is 2. The van der Waals surface area contributed by atoms with Gasteiger partial charge in [0.25, 0.3) is 0 Å². The molecule has 1 heterocycles. The Labute approximate surface area is 91.2 Å². The molecule has 0 saturated heterocycles. The first kappa shape index (κ1) is 10.1. The Morgan fingerprint density at radius 1 is 1.12 bits per heavy atom. The lowest BCUT2D eigenvalue weighted by atomic mass is 10.1. The summed E-state index contributed by atoms with van der Waals surface area (Å²) in [5.41, 5.74) is 6.77. The number of nitrogen functional groups attached to an aromatic ring is 1. The van der Waals surface area contributed by atoms with Gasteiger partial charge in [0.1, 0.15) is 5.82 Å². The predicted octanol–water partition coefficient (Wildman–Crippen LogP) is 1.74. The molecule has 0 saturated carbocycles. The van der Waals surface area contributed by atoms with E-state index in [9.17, 15) is 4.39 Å². The van der Waals surface area contributed by atoms with Crippen molar-refractivity contribution < 1.29 is 4.39 Å². The van der Waals surface area contributed by atoms with E-state index in [0.29, 0.717) is 11.1 Å². The minimum atomic E-state index is -0.467. The van der Waals surface area contributed by atoms with E-state index in [0.717, 1.165) is 0 Å². The second-order valence-corrected chi connectivity index (χ2v) is 3.17. The summed E-state index contributed by atoms with van der Waals surface area (Å²) in [4.78, 5) is 7.60. The fraction of sp³-hybridized carbons (Fsp3) is 0. The molecular formula is C11H7FN4. The van der Waals surface area contributed by atoms with Gasteiger partial charge in [0.05, 0.1) is 11.6 Å². The molecule has 0 aliphatic rings. The number of hydrogen-bond donors (Lipinski definition) is 1. The average molecular weight is 214 g/mol. The van der Waals surface area contributed by atoms with Crippen molar-refractivity contribution >= 4 is 5.95 Å². The first-order chi connectivity index (χ1) is 7.69. The molecule has 0 spiro atoms. The summed E-state index contributed by atoms with van der Waals surface area (Å²) >= 11 is 0. The molecule has 0 fully saturated rings. The fourth-order valence-corrected chi connectivity index (χ4v) is 1.31. The van der Waals surface area contributed by atoms with Crippen molar-refractivity contribution in [1.29, 1.82) is 5.26 Å². The molecule has 4 nitrogen and oxygen atoms in total. The summed E-state index contributed by atoms with van der Waals surface area (Å²) in [6.45, 7) is 0. The summed E-state index contributed by atoms with van der Waals surface area (Å²) in [6.07, 6.45) is 2.97. The van der Waals surface area contributed by atoms with Gasteiger partial charge in [0.15, 0.2) is 0 Å². The van der Waals surface area contributed by atoms with Gasteiger partial charge in [0, 0.05) is 18.0 Å². The second kappa shape index (κ2) is 3.95. The van der Waals surface area contributed by atoms with E-state index in [1.54, 1.807) is 6.07 Å². The number of nitrogens with two attached hydrogens (primary N) is 1.